The van der Waals surface area contributed by atoms with Crippen LogP contribution < -0.4 is 10.1 Å². The number of nitrogens with zero attached hydrogens (tertiary/aromatic N) is 3. The van der Waals surface area contributed by atoms with Gasteiger partial charge >= 0.3 is 6.36 Å². The van der Waals surface area contributed by atoms with Gasteiger partial charge in [-0.3, -0.25) is 4.79 Å². The predicted molar refractivity (Wildman–Crippen MR) is 118 cm³/mol. The summed E-state index contributed by atoms with van der Waals surface area (Å²) in [5.41, 5.74) is 2.11. The van der Waals surface area contributed by atoms with Crippen LogP contribution >= 0.6 is 0 Å². The number of aryl methyl sites for hydroxylation is 1. The Morgan fingerprint density at radius 2 is 1.97 bits per heavy atom. The maximum absolute atomic E-state index is 13.3. The van der Waals surface area contributed by atoms with Crippen molar-refractivity contribution >= 4 is 32.5 Å². The lowest BCUT2D eigenvalue weighted by Gasteiger charge is -2.13. The number of fused-ring (bicyclic) bond motifs is 1. The number of halogens is 3. The van der Waals surface area contributed by atoms with Crippen LogP contribution in [-0.2, 0) is 9.84 Å². The highest BCUT2D eigenvalue weighted by molar-refractivity contribution is 7.91. The summed E-state index contributed by atoms with van der Waals surface area (Å²) in [7, 11) is -3.16. The first-order valence-corrected chi connectivity index (χ1v) is 12.6. The van der Waals surface area contributed by atoms with Gasteiger partial charge in [-0.1, -0.05) is 6.07 Å². The van der Waals surface area contributed by atoms with E-state index < -0.39 is 27.9 Å². The van der Waals surface area contributed by atoms with Crippen LogP contribution in [0, 0.1) is 6.92 Å². The van der Waals surface area contributed by atoms with Crippen LogP contribution in [-0.4, -0.2) is 47.0 Å². The van der Waals surface area contributed by atoms with E-state index >= 15 is 0 Å². The van der Waals surface area contributed by atoms with Crippen molar-refractivity contribution in [2.75, 3.05) is 16.8 Å². The number of carbonyl (C=O) groups excluding carboxylic acids is 1. The van der Waals surface area contributed by atoms with Gasteiger partial charge in [0.1, 0.15) is 5.75 Å². The molecule has 1 unspecified atom stereocenters. The van der Waals surface area contributed by atoms with Crippen molar-refractivity contribution in [1.29, 1.82) is 0 Å². The molecule has 0 bridgehead atoms. The summed E-state index contributed by atoms with van der Waals surface area (Å²) in [4.78, 5) is 18.0. The normalized spacial score (nSPS) is 19.9. The number of anilines is 1. The van der Waals surface area contributed by atoms with Crippen LogP contribution in [0.25, 0.3) is 11.0 Å². The third kappa shape index (κ3) is 4.59. The van der Waals surface area contributed by atoms with Gasteiger partial charge in [0.25, 0.3) is 5.91 Å². The Hall–Kier alpha value is -3.15. The van der Waals surface area contributed by atoms with Crippen molar-refractivity contribution in [2.45, 2.75) is 44.5 Å². The number of benzene rings is 1. The number of aromatic nitrogens is 3. The first-order chi connectivity index (χ1) is 16.0. The Kier molecular flexibility index (Phi) is 5.30. The number of rotatable bonds is 5. The molecule has 1 atom stereocenters. The molecule has 3 heterocycles. The summed E-state index contributed by atoms with van der Waals surface area (Å²) in [5.74, 6) is -0.734. The molecule has 0 radical (unpaired) electrons. The molecule has 1 aliphatic carbocycles. The third-order valence-electron chi connectivity index (χ3n) is 5.98. The minimum atomic E-state index is -4.85. The number of amides is 1. The minimum absolute atomic E-state index is 0.0356. The Balaban J connectivity index is 1.53. The highest BCUT2D eigenvalue weighted by Crippen LogP contribution is 2.41. The number of nitrogens with one attached hydrogen (secondary N) is 1. The molecule has 1 N–H and O–H groups in total. The smallest absolute Gasteiger partial charge is 0.406 e. The lowest BCUT2D eigenvalue weighted by Crippen LogP contribution is -2.18. The summed E-state index contributed by atoms with van der Waals surface area (Å²) < 4.78 is 67.3. The predicted octanol–water partition coefficient (Wildman–Crippen LogP) is 4.13. The number of hydrogen-bond acceptors (Lipinski definition) is 6. The second-order valence-corrected chi connectivity index (χ2v) is 10.9. The number of pyridine rings is 1. The quantitative estimate of drug-likeness (QED) is 0.572. The van der Waals surface area contributed by atoms with Crippen molar-refractivity contribution in [2.24, 2.45) is 0 Å². The molecule has 3 aromatic rings. The van der Waals surface area contributed by atoms with Gasteiger partial charge < -0.3 is 10.1 Å². The fraction of sp³-hybridized carbons (Fsp3) is 0.409. The molecule has 1 aliphatic heterocycles. The molecule has 1 aromatic carbocycles. The van der Waals surface area contributed by atoms with E-state index in [2.05, 4.69) is 15.2 Å². The van der Waals surface area contributed by atoms with E-state index in [4.69, 9.17) is 4.98 Å². The molecule has 0 spiro atoms. The van der Waals surface area contributed by atoms with Crippen molar-refractivity contribution in [3.8, 4) is 5.75 Å². The zero-order valence-corrected chi connectivity index (χ0v) is 18.9. The van der Waals surface area contributed by atoms with Gasteiger partial charge in [-0.25, -0.2) is 18.1 Å². The van der Waals surface area contributed by atoms with Crippen molar-refractivity contribution in [3.63, 3.8) is 0 Å². The fourth-order valence-electron chi connectivity index (χ4n) is 4.29. The second-order valence-electron chi connectivity index (χ2n) is 8.68. The van der Waals surface area contributed by atoms with Crippen LogP contribution in [0.4, 0.5) is 18.9 Å². The summed E-state index contributed by atoms with van der Waals surface area (Å²) in [5, 5.41) is 7.66. The summed E-state index contributed by atoms with van der Waals surface area (Å²) >= 11 is 0. The van der Waals surface area contributed by atoms with Gasteiger partial charge in [-0.05, 0) is 44.4 Å². The largest absolute Gasteiger partial charge is 0.573 e. The van der Waals surface area contributed by atoms with Gasteiger partial charge in [-0.2, -0.15) is 5.10 Å². The molecule has 180 valence electrons. The lowest BCUT2D eigenvalue weighted by atomic mass is 10.1. The molecular formula is C22H21F3N4O4S. The van der Waals surface area contributed by atoms with E-state index in [0.717, 1.165) is 25.0 Å². The van der Waals surface area contributed by atoms with Gasteiger partial charge in [0.15, 0.2) is 15.5 Å². The van der Waals surface area contributed by atoms with E-state index in [-0.39, 0.29) is 29.2 Å². The fourth-order valence-corrected chi connectivity index (χ4v) is 5.98. The van der Waals surface area contributed by atoms with E-state index in [9.17, 15) is 26.4 Å². The zero-order chi connectivity index (χ0) is 24.3. The average Bonchev–Trinajstić information content (AvgIpc) is 3.45. The summed E-state index contributed by atoms with van der Waals surface area (Å²) in [6, 6.07) is 6.36. The van der Waals surface area contributed by atoms with Gasteiger partial charge in [0.2, 0.25) is 0 Å². The van der Waals surface area contributed by atoms with Crippen molar-refractivity contribution in [3.05, 3.63) is 47.3 Å². The molecule has 1 saturated carbocycles. The van der Waals surface area contributed by atoms with Crippen molar-refractivity contribution < 1.29 is 31.1 Å². The van der Waals surface area contributed by atoms with Crippen LogP contribution in [0.2, 0.25) is 0 Å². The first-order valence-electron chi connectivity index (χ1n) is 10.8. The molecule has 2 aliphatic rings. The Morgan fingerprint density at radius 3 is 2.62 bits per heavy atom. The molecular weight excluding hydrogens is 473 g/mol. The topological polar surface area (TPSA) is 103 Å². The van der Waals surface area contributed by atoms with Gasteiger partial charge in [0.05, 0.1) is 34.2 Å². The zero-order valence-electron chi connectivity index (χ0n) is 18.1. The van der Waals surface area contributed by atoms with Gasteiger partial charge in [-0.15, -0.1) is 13.2 Å². The van der Waals surface area contributed by atoms with E-state index in [1.807, 2.05) is 0 Å². The molecule has 12 heteroatoms. The summed E-state index contributed by atoms with van der Waals surface area (Å²) in [6.07, 6.45) is -2.57. The lowest BCUT2D eigenvalue weighted by molar-refractivity contribution is -0.274. The monoisotopic (exact) mass is 494 g/mol. The van der Waals surface area contributed by atoms with Crippen LogP contribution in [0.5, 0.6) is 5.75 Å². The number of carbonyl (C=O) groups is 1. The van der Waals surface area contributed by atoms with Crippen LogP contribution in [0.15, 0.2) is 30.3 Å². The average molecular weight is 494 g/mol. The highest BCUT2D eigenvalue weighted by Gasteiger charge is 2.34. The maximum atomic E-state index is 13.3. The molecule has 5 rings (SSSR count). The maximum Gasteiger partial charge on any atom is 0.573 e. The SMILES string of the molecule is Cc1nn(C2CCS(=O)(=O)C2)c2nc(C3CC3)cc(C(=O)Nc3cccc(OC(F)(F)F)c3)c12. The Labute approximate surface area is 193 Å². The van der Waals surface area contributed by atoms with Crippen molar-refractivity contribution in [1.82, 2.24) is 14.8 Å². The first kappa shape index (κ1) is 22.6. The standard InChI is InChI=1S/C22H21F3N4O4S/c1-12-19-17(21(30)26-14-3-2-4-16(9-14)33-22(23,24)25)10-18(13-5-6-13)27-20(19)29(28-12)15-7-8-34(31,32)11-15/h2-4,9-10,13,15H,5-8,11H2,1H3,(H,26,30). The van der Waals surface area contributed by atoms with E-state index in [0.29, 0.717) is 34.4 Å². The summed E-state index contributed by atoms with van der Waals surface area (Å²) in [6.45, 7) is 1.72. The third-order valence-corrected chi connectivity index (χ3v) is 7.73. The molecule has 1 saturated heterocycles. The van der Waals surface area contributed by atoms with Crippen LogP contribution in [0.1, 0.15) is 53.0 Å². The number of sulfone groups is 1. The van der Waals surface area contributed by atoms with Gasteiger partial charge in [0, 0.05) is 23.4 Å². The molecule has 2 fully saturated rings. The molecule has 2 aromatic heterocycles. The molecule has 34 heavy (non-hydrogen) atoms. The number of hydrogen-bond donors (Lipinski definition) is 1. The second kappa shape index (κ2) is 7.97. The van der Waals surface area contributed by atoms with E-state index in [1.165, 1.54) is 12.1 Å². The highest BCUT2D eigenvalue weighted by atomic mass is 32.2. The Morgan fingerprint density at radius 1 is 1.21 bits per heavy atom. The molecule has 1 amide bonds. The number of ether oxygens (including phenoxy) is 1. The minimum Gasteiger partial charge on any atom is -0.406 e. The number of alkyl halides is 3. The van der Waals surface area contributed by atoms with E-state index in [1.54, 1.807) is 17.7 Å². The Bertz CT molecular complexity index is 1400. The molecule has 8 nitrogen and oxygen atoms in total. The van der Waals surface area contributed by atoms with Crippen LogP contribution in [0.3, 0.4) is 0 Å².